The van der Waals surface area contributed by atoms with Crippen LogP contribution in [0.4, 0.5) is 0 Å². The van der Waals surface area contributed by atoms with E-state index in [4.69, 9.17) is 0 Å². The molecule has 0 saturated carbocycles. The monoisotopic (exact) mass is 292 g/mol. The van der Waals surface area contributed by atoms with Crippen LogP contribution in [-0.4, -0.2) is 26.9 Å². The van der Waals surface area contributed by atoms with E-state index in [1.54, 1.807) is 0 Å². The van der Waals surface area contributed by atoms with E-state index in [-0.39, 0.29) is 26.8 Å². The molecule has 0 fully saturated rings. The minimum atomic E-state index is 0.0556. The molecule has 2 atom stereocenters. The predicted molar refractivity (Wildman–Crippen MR) is 56.6 cm³/mol. The van der Waals surface area contributed by atoms with Crippen molar-refractivity contribution in [3.63, 3.8) is 0 Å². The molecule has 0 amide bonds. The molecule has 2 heteroatoms. The van der Waals surface area contributed by atoms with Gasteiger partial charge in [0.2, 0.25) is 0 Å². The zero-order valence-corrected chi connectivity index (χ0v) is 10.5. The topological polar surface area (TPSA) is 17.1 Å². The zero-order valence-electron chi connectivity index (χ0n) is 8.20. The van der Waals surface area contributed by atoms with E-state index in [0.29, 0.717) is 3.97 Å². The summed E-state index contributed by atoms with van der Waals surface area (Å²) in [5, 5.41) is 0. The predicted octanol–water partition coefficient (Wildman–Crippen LogP) is 2.44. The van der Waals surface area contributed by atoms with Crippen LogP contribution in [0.15, 0.2) is 29.4 Å². The number of carbonyl (C=O) groups excluding carboxylic acids is 1. The molecule has 0 heterocycles. The van der Waals surface area contributed by atoms with Gasteiger partial charge in [-0.3, -0.25) is 0 Å². The SMILES string of the molecule is C[Te]C(C)C1=CC(=C=O)C(C)C=C1. The molecule has 1 aliphatic carbocycles. The summed E-state index contributed by atoms with van der Waals surface area (Å²) in [7, 11) is 0. The van der Waals surface area contributed by atoms with Crippen molar-refractivity contribution in [2.45, 2.75) is 22.8 Å². The summed E-state index contributed by atoms with van der Waals surface area (Å²) in [4.78, 5) is 12.9. The van der Waals surface area contributed by atoms with Gasteiger partial charge in [0.1, 0.15) is 0 Å². The zero-order chi connectivity index (χ0) is 9.84. The Morgan fingerprint density at radius 3 is 2.85 bits per heavy atom. The standard InChI is InChI=1S/C11H14OTe/c1-8-4-5-10(9(2)13-3)6-11(8)7-12/h4-6,8-9H,1-3H3. The second kappa shape index (κ2) is 4.82. The molecular weight excluding hydrogens is 276 g/mol. The Kier molecular flexibility index (Phi) is 4.00. The Hall–Kier alpha value is -0.280. The van der Waals surface area contributed by atoms with Crippen molar-refractivity contribution in [1.82, 2.24) is 0 Å². The number of allylic oxidation sites excluding steroid dienone is 5. The van der Waals surface area contributed by atoms with Crippen LogP contribution in [-0.2, 0) is 4.79 Å². The third-order valence-corrected chi connectivity index (χ3v) is 5.13. The molecule has 0 radical (unpaired) electrons. The summed E-state index contributed by atoms with van der Waals surface area (Å²) in [5.41, 5.74) is 2.10. The molecule has 0 aromatic carbocycles. The maximum absolute atomic E-state index is 10.6. The van der Waals surface area contributed by atoms with Gasteiger partial charge in [0, 0.05) is 0 Å². The van der Waals surface area contributed by atoms with Gasteiger partial charge in [-0.25, -0.2) is 0 Å². The van der Waals surface area contributed by atoms with E-state index in [2.05, 4.69) is 24.0 Å². The average molecular weight is 290 g/mol. The Labute approximate surface area is 89.7 Å². The summed E-state index contributed by atoms with van der Waals surface area (Å²) in [5.74, 6) is 2.26. The van der Waals surface area contributed by atoms with Crippen molar-refractivity contribution in [2.75, 3.05) is 0 Å². The molecular formula is C11H14OTe. The number of hydrogen-bond acceptors (Lipinski definition) is 1. The molecule has 0 aliphatic heterocycles. The number of rotatable bonds is 2. The van der Waals surface area contributed by atoms with Crippen LogP contribution in [0.2, 0.25) is 8.94 Å². The summed E-state index contributed by atoms with van der Waals surface area (Å²) in [6, 6.07) is 0. The van der Waals surface area contributed by atoms with E-state index in [9.17, 15) is 4.79 Å². The maximum atomic E-state index is 10.6. The third-order valence-electron chi connectivity index (χ3n) is 2.33. The fraction of sp³-hybridized carbons (Fsp3) is 0.455. The van der Waals surface area contributed by atoms with Gasteiger partial charge in [-0.05, 0) is 0 Å². The second-order valence-electron chi connectivity index (χ2n) is 3.23. The van der Waals surface area contributed by atoms with Crippen molar-refractivity contribution in [3.8, 4) is 0 Å². The summed E-state index contributed by atoms with van der Waals surface area (Å²) < 4.78 is 0.664. The quantitative estimate of drug-likeness (QED) is 0.564. The molecule has 1 rings (SSSR count). The van der Waals surface area contributed by atoms with Crippen LogP contribution in [0, 0.1) is 5.92 Å². The van der Waals surface area contributed by atoms with Gasteiger partial charge in [-0.15, -0.1) is 0 Å². The van der Waals surface area contributed by atoms with E-state index < -0.39 is 0 Å². The molecule has 0 aromatic heterocycles. The molecule has 13 heavy (non-hydrogen) atoms. The Balaban J connectivity index is 2.91. The van der Waals surface area contributed by atoms with Gasteiger partial charge in [-0.2, -0.15) is 0 Å². The summed E-state index contributed by atoms with van der Waals surface area (Å²) in [6.45, 7) is 4.26. The van der Waals surface area contributed by atoms with Crippen molar-refractivity contribution in [3.05, 3.63) is 29.4 Å². The molecule has 2 unspecified atom stereocenters. The van der Waals surface area contributed by atoms with Crippen LogP contribution in [0.1, 0.15) is 13.8 Å². The van der Waals surface area contributed by atoms with Crippen LogP contribution >= 0.6 is 0 Å². The van der Waals surface area contributed by atoms with Gasteiger partial charge < -0.3 is 0 Å². The molecule has 0 saturated heterocycles. The molecule has 1 aliphatic rings. The van der Waals surface area contributed by atoms with Crippen LogP contribution in [0.5, 0.6) is 0 Å². The number of hydrogen-bond donors (Lipinski definition) is 0. The van der Waals surface area contributed by atoms with Crippen LogP contribution in [0.3, 0.4) is 0 Å². The van der Waals surface area contributed by atoms with Gasteiger partial charge in [0.15, 0.2) is 0 Å². The van der Waals surface area contributed by atoms with Crippen molar-refractivity contribution >= 4 is 26.9 Å². The first kappa shape index (κ1) is 10.8. The van der Waals surface area contributed by atoms with Crippen LogP contribution in [0.25, 0.3) is 0 Å². The van der Waals surface area contributed by atoms with Crippen molar-refractivity contribution in [2.24, 2.45) is 5.92 Å². The third kappa shape index (κ3) is 2.58. The first-order valence-corrected chi connectivity index (χ1v) is 8.04. The normalized spacial score (nSPS) is 23.8. The molecule has 70 valence electrons. The fourth-order valence-corrected chi connectivity index (χ4v) is 2.42. The van der Waals surface area contributed by atoms with Gasteiger partial charge in [0.05, 0.1) is 0 Å². The van der Waals surface area contributed by atoms with Crippen LogP contribution < -0.4 is 0 Å². The second-order valence-corrected chi connectivity index (χ2v) is 6.59. The first-order chi connectivity index (χ1) is 6.19. The molecule has 0 spiro atoms. The van der Waals surface area contributed by atoms with Gasteiger partial charge in [0.25, 0.3) is 0 Å². The van der Waals surface area contributed by atoms with Crippen molar-refractivity contribution < 1.29 is 4.79 Å². The first-order valence-electron chi connectivity index (χ1n) is 4.36. The van der Waals surface area contributed by atoms with E-state index in [1.807, 2.05) is 18.9 Å². The Morgan fingerprint density at radius 2 is 2.31 bits per heavy atom. The van der Waals surface area contributed by atoms with E-state index >= 15 is 0 Å². The summed E-state index contributed by atoms with van der Waals surface area (Å²) in [6.07, 6.45) is 6.26. The fourth-order valence-electron chi connectivity index (χ4n) is 1.23. The van der Waals surface area contributed by atoms with E-state index in [1.165, 1.54) is 5.57 Å². The van der Waals surface area contributed by atoms with E-state index in [0.717, 1.165) is 5.57 Å². The van der Waals surface area contributed by atoms with Gasteiger partial charge >= 0.3 is 89.7 Å². The Morgan fingerprint density at radius 1 is 1.62 bits per heavy atom. The minimum absolute atomic E-state index is 0.0556. The van der Waals surface area contributed by atoms with Crippen molar-refractivity contribution in [1.29, 1.82) is 0 Å². The van der Waals surface area contributed by atoms with Gasteiger partial charge in [-0.1, -0.05) is 0 Å². The molecule has 1 nitrogen and oxygen atoms in total. The Bertz CT molecular complexity index is 295. The molecule has 0 aromatic rings. The molecule has 0 N–H and O–H groups in total. The average Bonchev–Trinajstić information content (AvgIpc) is 2.17. The molecule has 0 bridgehead atoms. The summed E-state index contributed by atoms with van der Waals surface area (Å²) >= 11 is 0.0556.